The van der Waals surface area contributed by atoms with Crippen LogP contribution in [0.15, 0.2) is 0 Å². The maximum Gasteiger partial charge on any atom is 0.0602 e. The van der Waals surface area contributed by atoms with E-state index in [1.54, 1.807) is 0 Å². The molecular formula is C6H13BrS2. The first-order chi connectivity index (χ1) is 3.83. The summed E-state index contributed by atoms with van der Waals surface area (Å²) in [6.07, 6.45) is 0. The predicted molar refractivity (Wildman–Crippen MR) is 53.8 cm³/mol. The minimum atomic E-state index is 0. The first-order valence-electron chi connectivity index (χ1n) is 2.66. The average Bonchev–Trinajstić information content (AvgIpc) is 2.14. The molecular weight excluding hydrogens is 216 g/mol. The molecule has 0 N–H and O–H groups in total. The van der Waals surface area contributed by atoms with Crippen molar-refractivity contribution in [3.05, 3.63) is 0 Å². The van der Waals surface area contributed by atoms with E-state index in [4.69, 9.17) is 0 Å². The molecule has 1 fully saturated rings. The SMILES string of the molecule is C.CC1CSC(CBr)S1. The molecule has 2 unspecified atom stereocenters. The number of alkyl halides is 1. The molecule has 0 aliphatic carbocycles. The summed E-state index contributed by atoms with van der Waals surface area (Å²) < 4.78 is 0.824. The van der Waals surface area contributed by atoms with Crippen LogP contribution in [0.5, 0.6) is 0 Å². The van der Waals surface area contributed by atoms with Gasteiger partial charge >= 0.3 is 0 Å². The molecule has 0 nitrogen and oxygen atoms in total. The van der Waals surface area contributed by atoms with E-state index >= 15 is 0 Å². The molecule has 1 aliphatic rings. The van der Waals surface area contributed by atoms with Crippen molar-refractivity contribution in [3.8, 4) is 0 Å². The largest absolute Gasteiger partial charge is 0.146 e. The molecule has 9 heavy (non-hydrogen) atoms. The van der Waals surface area contributed by atoms with E-state index in [1.165, 1.54) is 5.75 Å². The fourth-order valence-corrected chi connectivity index (χ4v) is 4.51. The van der Waals surface area contributed by atoms with Crippen LogP contribution >= 0.6 is 39.5 Å². The minimum absolute atomic E-state index is 0. The normalized spacial score (nSPS) is 34.0. The molecule has 3 heteroatoms. The first kappa shape index (κ1) is 10.2. The second-order valence-electron chi connectivity index (χ2n) is 1.86. The van der Waals surface area contributed by atoms with Crippen molar-refractivity contribution in [2.75, 3.05) is 11.1 Å². The third-order valence-electron chi connectivity index (χ3n) is 1.03. The minimum Gasteiger partial charge on any atom is -0.146 e. The van der Waals surface area contributed by atoms with Gasteiger partial charge in [0.05, 0.1) is 4.58 Å². The van der Waals surface area contributed by atoms with E-state index < -0.39 is 0 Å². The zero-order valence-electron chi connectivity index (χ0n) is 4.76. The van der Waals surface area contributed by atoms with Crippen LogP contribution in [0, 0.1) is 0 Å². The number of thioether (sulfide) groups is 2. The average molecular weight is 229 g/mol. The van der Waals surface area contributed by atoms with Gasteiger partial charge in [-0.1, -0.05) is 30.3 Å². The Morgan fingerprint density at radius 1 is 1.67 bits per heavy atom. The van der Waals surface area contributed by atoms with Gasteiger partial charge in [-0.25, -0.2) is 0 Å². The molecule has 1 aliphatic heterocycles. The fraction of sp³-hybridized carbons (Fsp3) is 1.00. The summed E-state index contributed by atoms with van der Waals surface area (Å²) in [5, 5.41) is 2.02. The predicted octanol–water partition coefficient (Wildman–Crippen LogP) is 3.21. The number of halogens is 1. The molecule has 1 heterocycles. The standard InChI is InChI=1S/C5H9BrS2.CH4/c1-4-3-7-5(2-6)8-4;/h4-5H,2-3H2,1H3;1H4. The molecule has 1 rings (SSSR count). The highest BCUT2D eigenvalue weighted by Crippen LogP contribution is 2.38. The van der Waals surface area contributed by atoms with Crippen LogP contribution in [0.2, 0.25) is 0 Å². The molecule has 0 aromatic rings. The van der Waals surface area contributed by atoms with Crippen molar-refractivity contribution in [2.45, 2.75) is 24.2 Å². The summed E-state index contributed by atoms with van der Waals surface area (Å²) in [5.41, 5.74) is 0. The van der Waals surface area contributed by atoms with Crippen molar-refractivity contribution in [2.24, 2.45) is 0 Å². The molecule has 0 radical (unpaired) electrons. The maximum absolute atomic E-state index is 3.46. The Morgan fingerprint density at radius 3 is 2.56 bits per heavy atom. The topological polar surface area (TPSA) is 0 Å². The lowest BCUT2D eigenvalue weighted by Gasteiger charge is -1.99. The van der Waals surface area contributed by atoms with Crippen molar-refractivity contribution >= 4 is 39.5 Å². The fourth-order valence-electron chi connectivity index (χ4n) is 0.661. The van der Waals surface area contributed by atoms with Gasteiger partial charge in [0.15, 0.2) is 0 Å². The van der Waals surface area contributed by atoms with Crippen molar-refractivity contribution in [3.63, 3.8) is 0 Å². The quantitative estimate of drug-likeness (QED) is 0.633. The second kappa shape index (κ2) is 4.91. The highest BCUT2D eigenvalue weighted by Gasteiger charge is 2.20. The van der Waals surface area contributed by atoms with Gasteiger partial charge in [0.25, 0.3) is 0 Å². The maximum atomic E-state index is 3.46. The zero-order valence-corrected chi connectivity index (χ0v) is 7.98. The molecule has 0 bridgehead atoms. The van der Waals surface area contributed by atoms with Gasteiger partial charge in [-0.3, -0.25) is 0 Å². The van der Waals surface area contributed by atoms with Crippen LogP contribution in [0.4, 0.5) is 0 Å². The van der Waals surface area contributed by atoms with E-state index in [1.807, 2.05) is 0 Å². The lowest BCUT2D eigenvalue weighted by Crippen LogP contribution is -1.92. The number of hydrogen-bond donors (Lipinski definition) is 0. The molecule has 1 saturated heterocycles. The van der Waals surface area contributed by atoms with E-state index in [-0.39, 0.29) is 7.43 Å². The summed E-state index contributed by atoms with van der Waals surface area (Å²) in [6.45, 7) is 2.29. The van der Waals surface area contributed by atoms with Crippen LogP contribution in [0.1, 0.15) is 14.4 Å². The third kappa shape index (κ3) is 3.19. The molecule has 56 valence electrons. The van der Waals surface area contributed by atoms with Crippen molar-refractivity contribution < 1.29 is 0 Å². The molecule has 0 aromatic carbocycles. The number of hydrogen-bond acceptors (Lipinski definition) is 2. The Bertz CT molecular complexity index is 77.5. The Balaban J connectivity index is 0.000000640. The van der Waals surface area contributed by atoms with Gasteiger partial charge in [0.1, 0.15) is 0 Å². The van der Waals surface area contributed by atoms with Gasteiger partial charge in [0.2, 0.25) is 0 Å². The second-order valence-corrected chi connectivity index (χ2v) is 5.69. The molecule has 0 saturated carbocycles. The van der Waals surface area contributed by atoms with Crippen LogP contribution in [0.25, 0.3) is 0 Å². The van der Waals surface area contributed by atoms with Crippen molar-refractivity contribution in [1.29, 1.82) is 0 Å². The monoisotopic (exact) mass is 228 g/mol. The van der Waals surface area contributed by atoms with Crippen LogP contribution < -0.4 is 0 Å². The molecule has 2 atom stereocenters. The Labute approximate surface area is 74.7 Å². The molecule has 0 spiro atoms. The van der Waals surface area contributed by atoms with Gasteiger partial charge < -0.3 is 0 Å². The van der Waals surface area contributed by atoms with Crippen molar-refractivity contribution in [1.82, 2.24) is 0 Å². The summed E-state index contributed by atoms with van der Waals surface area (Å²) in [6, 6.07) is 0. The zero-order chi connectivity index (χ0) is 5.98. The summed E-state index contributed by atoms with van der Waals surface area (Å²) in [4.78, 5) is 0. The highest BCUT2D eigenvalue weighted by molar-refractivity contribution is 9.09. The van der Waals surface area contributed by atoms with E-state index in [2.05, 4.69) is 46.4 Å². The summed E-state index contributed by atoms with van der Waals surface area (Å²) in [7, 11) is 0. The smallest absolute Gasteiger partial charge is 0.0602 e. The van der Waals surface area contributed by atoms with Gasteiger partial charge in [-0.2, -0.15) is 0 Å². The molecule has 0 aromatic heterocycles. The van der Waals surface area contributed by atoms with Crippen LogP contribution in [-0.4, -0.2) is 20.9 Å². The lowest BCUT2D eigenvalue weighted by atomic mass is 10.6. The Hall–Kier alpha value is 1.18. The van der Waals surface area contributed by atoms with Crippen LogP contribution in [0.3, 0.4) is 0 Å². The van der Waals surface area contributed by atoms with Gasteiger partial charge in [-0.15, -0.1) is 23.5 Å². The van der Waals surface area contributed by atoms with Crippen LogP contribution in [-0.2, 0) is 0 Å². The first-order valence-corrected chi connectivity index (χ1v) is 5.77. The number of rotatable bonds is 1. The Kier molecular flexibility index (Phi) is 5.56. The lowest BCUT2D eigenvalue weighted by molar-refractivity contribution is 1.15. The Morgan fingerprint density at radius 2 is 2.33 bits per heavy atom. The van der Waals surface area contributed by atoms with E-state index in [0.717, 1.165) is 15.2 Å². The third-order valence-corrected chi connectivity index (χ3v) is 5.82. The summed E-state index contributed by atoms with van der Waals surface area (Å²) >= 11 is 7.61. The summed E-state index contributed by atoms with van der Waals surface area (Å²) in [5.74, 6) is 1.33. The highest BCUT2D eigenvalue weighted by atomic mass is 79.9. The molecule has 0 amide bonds. The van der Waals surface area contributed by atoms with E-state index in [9.17, 15) is 0 Å². The van der Waals surface area contributed by atoms with Gasteiger partial charge in [0, 0.05) is 16.3 Å². The van der Waals surface area contributed by atoms with E-state index in [0.29, 0.717) is 0 Å². The van der Waals surface area contributed by atoms with Gasteiger partial charge in [-0.05, 0) is 0 Å².